The Labute approximate surface area is 99.9 Å². The number of carbonyl (C=O) groups is 1. The quantitative estimate of drug-likeness (QED) is 0.256. The van der Waals surface area contributed by atoms with Crippen LogP contribution in [0.3, 0.4) is 0 Å². The van der Waals surface area contributed by atoms with Gasteiger partial charge in [-0.25, -0.2) is 0 Å². The van der Waals surface area contributed by atoms with Crippen LogP contribution in [0.15, 0.2) is 24.3 Å². The van der Waals surface area contributed by atoms with E-state index in [1.54, 1.807) is 6.92 Å². The second-order valence-electron chi connectivity index (χ2n) is 2.34. The first-order valence-electron chi connectivity index (χ1n) is 3.15. The average Bonchev–Trinajstić information content (AvgIpc) is 1.86. The van der Waals surface area contributed by atoms with Crippen LogP contribution in [0.25, 0.3) is 0 Å². The zero-order chi connectivity index (χ0) is 8.85. The van der Waals surface area contributed by atoms with Crippen LogP contribution in [0.4, 0.5) is 0 Å². The van der Waals surface area contributed by atoms with Crippen LogP contribution >= 0.6 is 0 Å². The van der Waals surface area contributed by atoms with E-state index < -0.39 is 5.97 Å². The van der Waals surface area contributed by atoms with E-state index in [1.807, 2.05) is 0 Å². The molecule has 0 saturated carbocycles. The Bertz CT molecular complexity index is 189. The Balaban J connectivity index is -0.000000500. The summed E-state index contributed by atoms with van der Waals surface area (Å²) in [5, 5.41) is 10.1. The molecular formula is C8H13NaO4. The van der Waals surface area contributed by atoms with Crippen molar-refractivity contribution in [3.05, 3.63) is 24.3 Å². The van der Waals surface area contributed by atoms with Gasteiger partial charge < -0.3 is 20.1 Å². The monoisotopic (exact) mass is 196 g/mol. The summed E-state index contributed by atoms with van der Waals surface area (Å²) in [6.45, 7) is 8.96. The Hall–Kier alpha value is -0.130. The molecule has 0 bridgehead atoms. The molecule has 0 unspecified atom stereocenters. The van der Waals surface area contributed by atoms with E-state index in [1.165, 1.54) is 0 Å². The minimum Gasteiger partial charge on any atom is -0.545 e. The molecule has 2 N–H and O–H groups in total. The molecule has 0 amide bonds. The zero-order valence-electron chi connectivity index (χ0n) is 8.05. The van der Waals surface area contributed by atoms with Crippen molar-refractivity contribution in [3.8, 4) is 0 Å². The molecule has 0 atom stereocenters. The fourth-order valence-electron chi connectivity index (χ4n) is 0.407. The summed E-state index contributed by atoms with van der Waals surface area (Å²) in [5.74, 6) is -1.27. The maximum atomic E-state index is 10.1. The molecule has 0 radical (unpaired) electrons. The van der Waals surface area contributed by atoms with Gasteiger partial charge in [-0.1, -0.05) is 18.7 Å². The maximum absolute atomic E-state index is 10.1. The molecule has 0 aliphatic heterocycles. The SMILES string of the molecule is C=C(C)COCC(=C)C(=O)[O-].O.[Na+]. The van der Waals surface area contributed by atoms with Gasteiger partial charge in [0, 0.05) is 0 Å². The van der Waals surface area contributed by atoms with Gasteiger partial charge in [-0.15, -0.1) is 0 Å². The topological polar surface area (TPSA) is 80.9 Å². The summed E-state index contributed by atoms with van der Waals surface area (Å²) >= 11 is 0. The molecule has 0 aromatic carbocycles. The second-order valence-corrected chi connectivity index (χ2v) is 2.34. The molecule has 0 saturated heterocycles. The number of hydrogen-bond donors (Lipinski definition) is 0. The molecule has 4 nitrogen and oxygen atoms in total. The van der Waals surface area contributed by atoms with E-state index in [9.17, 15) is 9.90 Å². The first-order chi connectivity index (χ1) is 5.04. The Morgan fingerprint density at radius 2 is 1.85 bits per heavy atom. The Kier molecular flexibility index (Phi) is 14.3. The molecule has 0 aromatic heterocycles. The molecule has 0 aliphatic carbocycles. The number of carboxylic acid groups (broad SMARTS) is 1. The van der Waals surface area contributed by atoms with Crippen molar-refractivity contribution in [3.63, 3.8) is 0 Å². The van der Waals surface area contributed by atoms with E-state index >= 15 is 0 Å². The number of rotatable bonds is 5. The van der Waals surface area contributed by atoms with Crippen molar-refractivity contribution in [2.75, 3.05) is 13.2 Å². The van der Waals surface area contributed by atoms with Crippen molar-refractivity contribution in [1.82, 2.24) is 0 Å². The second kappa shape index (κ2) is 9.95. The van der Waals surface area contributed by atoms with E-state index in [0.717, 1.165) is 5.57 Å². The van der Waals surface area contributed by atoms with E-state index in [4.69, 9.17) is 4.74 Å². The Morgan fingerprint density at radius 3 is 2.15 bits per heavy atom. The van der Waals surface area contributed by atoms with Crippen LogP contribution < -0.4 is 34.7 Å². The normalized spacial score (nSPS) is 7.77. The number of hydrogen-bond acceptors (Lipinski definition) is 3. The standard InChI is InChI=1S/C8H12O3.Na.H2O/c1-6(2)4-11-5-7(3)8(9)10;;/h1,3-5H2,2H3,(H,9,10);;1H2/q;+1;/p-1. The molecule has 5 heteroatoms. The largest absolute Gasteiger partial charge is 1.00 e. The van der Waals surface area contributed by atoms with E-state index in [-0.39, 0.29) is 47.2 Å². The van der Waals surface area contributed by atoms with E-state index in [0.29, 0.717) is 6.61 Å². The molecule has 0 aliphatic rings. The fraction of sp³-hybridized carbons (Fsp3) is 0.375. The van der Waals surface area contributed by atoms with Crippen molar-refractivity contribution < 1.29 is 49.7 Å². The maximum Gasteiger partial charge on any atom is 1.00 e. The average molecular weight is 196 g/mol. The minimum absolute atomic E-state index is 0. The minimum atomic E-state index is -1.27. The third-order valence-corrected chi connectivity index (χ3v) is 0.913. The predicted octanol–water partition coefficient (Wildman–Crippen LogP) is -3.94. The summed E-state index contributed by atoms with van der Waals surface area (Å²) in [6, 6.07) is 0. The number of ether oxygens (including phenoxy) is 1. The van der Waals surface area contributed by atoms with Gasteiger partial charge in [-0.3, -0.25) is 0 Å². The van der Waals surface area contributed by atoms with Crippen LogP contribution in [0.1, 0.15) is 6.92 Å². The molecule has 13 heavy (non-hydrogen) atoms. The van der Waals surface area contributed by atoms with Gasteiger partial charge in [0.05, 0.1) is 19.2 Å². The molecule has 0 heterocycles. The van der Waals surface area contributed by atoms with Gasteiger partial charge in [0.15, 0.2) is 0 Å². The molecule has 0 rings (SSSR count). The fourth-order valence-corrected chi connectivity index (χ4v) is 0.407. The number of carbonyl (C=O) groups excluding carboxylic acids is 1. The molecule has 70 valence electrons. The number of aliphatic carboxylic acids is 1. The van der Waals surface area contributed by atoms with Crippen molar-refractivity contribution in [1.29, 1.82) is 0 Å². The third kappa shape index (κ3) is 11.9. The summed E-state index contributed by atoms with van der Waals surface area (Å²) in [4.78, 5) is 10.1. The van der Waals surface area contributed by atoms with Crippen LogP contribution in [0.2, 0.25) is 0 Å². The van der Waals surface area contributed by atoms with Crippen LogP contribution in [0, 0.1) is 0 Å². The Morgan fingerprint density at radius 1 is 1.38 bits per heavy atom. The van der Waals surface area contributed by atoms with Crippen LogP contribution in [-0.4, -0.2) is 24.7 Å². The van der Waals surface area contributed by atoms with Crippen molar-refractivity contribution in [2.24, 2.45) is 0 Å². The summed E-state index contributed by atoms with van der Waals surface area (Å²) in [6.07, 6.45) is 0. The molecule has 0 aromatic rings. The van der Waals surface area contributed by atoms with Gasteiger partial charge in [-0.2, -0.15) is 0 Å². The molecule has 0 spiro atoms. The smallest absolute Gasteiger partial charge is 0.545 e. The summed E-state index contributed by atoms with van der Waals surface area (Å²) in [7, 11) is 0. The van der Waals surface area contributed by atoms with Gasteiger partial charge in [-0.05, 0) is 12.5 Å². The first kappa shape index (κ1) is 18.6. The van der Waals surface area contributed by atoms with Gasteiger partial charge in [0.1, 0.15) is 0 Å². The number of carboxylic acids is 1. The van der Waals surface area contributed by atoms with Crippen molar-refractivity contribution >= 4 is 5.97 Å². The third-order valence-electron chi connectivity index (χ3n) is 0.913. The molecular weight excluding hydrogens is 183 g/mol. The first-order valence-corrected chi connectivity index (χ1v) is 3.15. The zero-order valence-corrected chi connectivity index (χ0v) is 10.1. The predicted molar refractivity (Wildman–Crippen MR) is 43.4 cm³/mol. The van der Waals surface area contributed by atoms with Gasteiger partial charge >= 0.3 is 29.6 Å². The van der Waals surface area contributed by atoms with Crippen LogP contribution in [-0.2, 0) is 9.53 Å². The summed E-state index contributed by atoms with van der Waals surface area (Å²) < 4.78 is 4.90. The summed E-state index contributed by atoms with van der Waals surface area (Å²) in [5.41, 5.74) is 0.794. The van der Waals surface area contributed by atoms with Crippen LogP contribution in [0.5, 0.6) is 0 Å². The van der Waals surface area contributed by atoms with E-state index in [2.05, 4.69) is 13.2 Å². The van der Waals surface area contributed by atoms with Gasteiger partial charge in [0.2, 0.25) is 0 Å². The molecule has 0 fully saturated rings. The van der Waals surface area contributed by atoms with Crippen molar-refractivity contribution in [2.45, 2.75) is 6.92 Å². The van der Waals surface area contributed by atoms with Gasteiger partial charge in [0.25, 0.3) is 0 Å².